The minimum Gasteiger partial charge on any atom is -0.481 e. The molecule has 4 aromatic carbocycles. The smallest absolute Gasteiger partial charge is 0.410 e. The monoisotopic (exact) mass is 591 g/mol. The van der Waals surface area contributed by atoms with E-state index in [1.807, 2.05) is 91.0 Å². The standard InChI is InChI=1S/C35H33N3O6/c1-44-35(43)38(34-28-13-7-5-11-26(28)27-12-6-8-14-29(27)34)20-19-31(39)36-22-32(40)37-30(21-33(41)42)25-17-15-24(16-18-25)23-9-3-2-4-10-23/h2-18,30,34H,19-22H2,1H3,(H,36,39)(H,37,40)(H,41,42). The van der Waals surface area contributed by atoms with E-state index in [0.29, 0.717) is 5.56 Å². The Kier molecular flexibility index (Phi) is 9.34. The lowest BCUT2D eigenvalue weighted by Gasteiger charge is -2.29. The molecule has 224 valence electrons. The highest BCUT2D eigenvalue weighted by molar-refractivity contribution is 5.86. The van der Waals surface area contributed by atoms with Crippen molar-refractivity contribution in [3.63, 3.8) is 0 Å². The fraction of sp³-hybridized carbons (Fsp3) is 0.200. The number of carboxylic acid groups (broad SMARTS) is 1. The number of aliphatic carboxylic acids is 1. The van der Waals surface area contributed by atoms with E-state index in [1.165, 1.54) is 12.0 Å². The Morgan fingerprint density at radius 3 is 1.93 bits per heavy atom. The van der Waals surface area contributed by atoms with Crippen molar-refractivity contribution in [2.75, 3.05) is 20.2 Å². The first-order valence-corrected chi connectivity index (χ1v) is 14.3. The molecule has 0 aliphatic heterocycles. The van der Waals surface area contributed by atoms with Gasteiger partial charge >= 0.3 is 12.1 Å². The highest BCUT2D eigenvalue weighted by atomic mass is 16.5. The maximum atomic E-state index is 12.9. The topological polar surface area (TPSA) is 125 Å². The van der Waals surface area contributed by atoms with Crippen molar-refractivity contribution in [2.24, 2.45) is 0 Å². The van der Waals surface area contributed by atoms with Crippen LogP contribution in [-0.2, 0) is 19.1 Å². The molecule has 0 saturated heterocycles. The van der Waals surface area contributed by atoms with Gasteiger partial charge < -0.3 is 20.5 Å². The van der Waals surface area contributed by atoms with Crippen molar-refractivity contribution in [3.8, 4) is 22.3 Å². The van der Waals surface area contributed by atoms with Gasteiger partial charge in [-0.2, -0.15) is 0 Å². The maximum Gasteiger partial charge on any atom is 0.410 e. The molecule has 0 saturated carbocycles. The zero-order valence-electron chi connectivity index (χ0n) is 24.2. The van der Waals surface area contributed by atoms with Gasteiger partial charge in [0.25, 0.3) is 0 Å². The van der Waals surface area contributed by atoms with Crippen LogP contribution >= 0.6 is 0 Å². The predicted molar refractivity (Wildman–Crippen MR) is 165 cm³/mol. The third-order valence-corrected chi connectivity index (χ3v) is 7.68. The molecule has 0 spiro atoms. The number of amides is 3. The second-order valence-corrected chi connectivity index (χ2v) is 10.5. The molecule has 3 amide bonds. The molecule has 1 atom stereocenters. The SMILES string of the molecule is COC(=O)N(CCC(=O)NCC(=O)NC(CC(=O)O)c1ccc(-c2ccccc2)cc1)C1c2ccccc2-c2ccccc21. The lowest BCUT2D eigenvalue weighted by molar-refractivity contribution is -0.138. The molecule has 0 bridgehead atoms. The third-order valence-electron chi connectivity index (χ3n) is 7.68. The van der Waals surface area contributed by atoms with E-state index in [4.69, 9.17) is 4.74 Å². The Morgan fingerprint density at radius 2 is 1.34 bits per heavy atom. The number of benzene rings is 4. The van der Waals surface area contributed by atoms with Crippen LogP contribution in [0.1, 0.15) is 41.6 Å². The van der Waals surface area contributed by atoms with Crippen LogP contribution in [-0.4, -0.2) is 54.1 Å². The fourth-order valence-electron chi connectivity index (χ4n) is 5.61. The summed E-state index contributed by atoms with van der Waals surface area (Å²) < 4.78 is 5.08. The van der Waals surface area contributed by atoms with Gasteiger partial charge in [-0.1, -0.05) is 103 Å². The Balaban J connectivity index is 1.20. The largest absolute Gasteiger partial charge is 0.481 e. The number of hydrogen-bond donors (Lipinski definition) is 3. The molecule has 9 heteroatoms. The van der Waals surface area contributed by atoms with Crippen LogP contribution in [0.15, 0.2) is 103 Å². The zero-order chi connectivity index (χ0) is 31.1. The molecule has 44 heavy (non-hydrogen) atoms. The second-order valence-electron chi connectivity index (χ2n) is 10.5. The van der Waals surface area contributed by atoms with Gasteiger partial charge in [0.05, 0.1) is 32.2 Å². The minimum absolute atomic E-state index is 0.0584. The van der Waals surface area contributed by atoms with Gasteiger partial charge in [-0.25, -0.2) is 4.79 Å². The molecular weight excluding hydrogens is 558 g/mol. The Bertz CT molecular complexity index is 1610. The predicted octanol–water partition coefficient (Wildman–Crippen LogP) is 5.33. The fourth-order valence-corrected chi connectivity index (χ4v) is 5.61. The summed E-state index contributed by atoms with van der Waals surface area (Å²) in [6.07, 6.45) is -0.951. The van der Waals surface area contributed by atoms with Crippen molar-refractivity contribution in [2.45, 2.75) is 24.9 Å². The van der Waals surface area contributed by atoms with Crippen LogP contribution in [0.25, 0.3) is 22.3 Å². The van der Waals surface area contributed by atoms with Gasteiger partial charge in [-0.15, -0.1) is 0 Å². The Labute approximate surface area is 255 Å². The first kappa shape index (κ1) is 30.0. The number of nitrogens with zero attached hydrogens (tertiary/aromatic N) is 1. The van der Waals surface area contributed by atoms with E-state index in [1.54, 1.807) is 12.1 Å². The lowest BCUT2D eigenvalue weighted by Crippen LogP contribution is -2.41. The molecule has 1 aliphatic rings. The zero-order valence-corrected chi connectivity index (χ0v) is 24.2. The maximum absolute atomic E-state index is 12.9. The molecule has 1 unspecified atom stereocenters. The molecule has 3 N–H and O–H groups in total. The summed E-state index contributed by atoms with van der Waals surface area (Å²) >= 11 is 0. The lowest BCUT2D eigenvalue weighted by atomic mass is 9.99. The summed E-state index contributed by atoms with van der Waals surface area (Å²) in [6, 6.07) is 31.5. The van der Waals surface area contributed by atoms with Crippen molar-refractivity contribution in [1.82, 2.24) is 15.5 Å². The molecular formula is C35H33N3O6. The van der Waals surface area contributed by atoms with E-state index >= 15 is 0 Å². The summed E-state index contributed by atoms with van der Waals surface area (Å²) in [5.74, 6) is -2.03. The van der Waals surface area contributed by atoms with Crippen LogP contribution in [0.2, 0.25) is 0 Å². The average Bonchev–Trinajstić information content (AvgIpc) is 3.38. The van der Waals surface area contributed by atoms with Gasteiger partial charge in [0.2, 0.25) is 11.8 Å². The van der Waals surface area contributed by atoms with Crippen molar-refractivity contribution >= 4 is 23.9 Å². The molecule has 0 fully saturated rings. The summed E-state index contributed by atoms with van der Waals surface area (Å²) in [5, 5.41) is 14.8. The van der Waals surface area contributed by atoms with E-state index in [0.717, 1.165) is 33.4 Å². The van der Waals surface area contributed by atoms with Gasteiger partial charge in [0.15, 0.2) is 0 Å². The average molecular weight is 592 g/mol. The van der Waals surface area contributed by atoms with Crippen LogP contribution in [0.3, 0.4) is 0 Å². The summed E-state index contributed by atoms with van der Waals surface area (Å²) in [5.41, 5.74) is 6.56. The third kappa shape index (κ3) is 6.78. The van der Waals surface area contributed by atoms with E-state index < -0.39 is 36.0 Å². The molecule has 0 radical (unpaired) electrons. The van der Waals surface area contributed by atoms with Crippen molar-refractivity contribution in [1.29, 1.82) is 0 Å². The molecule has 0 heterocycles. The van der Waals surface area contributed by atoms with Gasteiger partial charge in [-0.05, 0) is 38.9 Å². The number of hydrogen-bond acceptors (Lipinski definition) is 5. The first-order chi connectivity index (χ1) is 21.4. The van der Waals surface area contributed by atoms with Crippen LogP contribution in [0.5, 0.6) is 0 Å². The number of carboxylic acids is 1. The van der Waals surface area contributed by atoms with E-state index in [-0.39, 0.29) is 25.9 Å². The number of carbonyl (C=O) groups excluding carboxylic acids is 3. The van der Waals surface area contributed by atoms with E-state index in [2.05, 4.69) is 10.6 Å². The molecule has 0 aromatic heterocycles. The van der Waals surface area contributed by atoms with Gasteiger partial charge in [0.1, 0.15) is 0 Å². The van der Waals surface area contributed by atoms with Crippen molar-refractivity contribution < 1.29 is 29.0 Å². The molecule has 5 rings (SSSR count). The number of carbonyl (C=O) groups is 4. The molecule has 1 aliphatic carbocycles. The Hall–Kier alpha value is -5.44. The number of methoxy groups -OCH3 is 1. The minimum atomic E-state index is -1.07. The first-order valence-electron chi connectivity index (χ1n) is 14.3. The molecule has 4 aromatic rings. The second kappa shape index (κ2) is 13.7. The Morgan fingerprint density at radius 1 is 0.773 bits per heavy atom. The van der Waals surface area contributed by atoms with Gasteiger partial charge in [-0.3, -0.25) is 19.3 Å². The number of rotatable bonds is 11. The highest BCUT2D eigenvalue weighted by Crippen LogP contribution is 2.46. The summed E-state index contributed by atoms with van der Waals surface area (Å²) in [6.45, 7) is -0.284. The van der Waals surface area contributed by atoms with Crippen LogP contribution < -0.4 is 10.6 Å². The molecule has 9 nitrogen and oxygen atoms in total. The van der Waals surface area contributed by atoms with Crippen molar-refractivity contribution in [3.05, 3.63) is 120 Å². The van der Waals surface area contributed by atoms with Crippen LogP contribution in [0, 0.1) is 0 Å². The highest BCUT2D eigenvalue weighted by Gasteiger charge is 2.35. The normalized spacial score (nSPS) is 12.4. The quantitative estimate of drug-likeness (QED) is 0.217. The number of nitrogens with one attached hydrogen (secondary N) is 2. The number of ether oxygens (including phenoxy) is 1. The summed E-state index contributed by atoms with van der Waals surface area (Å²) in [7, 11) is 1.30. The van der Waals surface area contributed by atoms with E-state index in [9.17, 15) is 24.3 Å². The summed E-state index contributed by atoms with van der Waals surface area (Å²) in [4.78, 5) is 51.6. The van der Waals surface area contributed by atoms with Crippen LogP contribution in [0.4, 0.5) is 4.79 Å². The van der Waals surface area contributed by atoms with Gasteiger partial charge in [0, 0.05) is 13.0 Å². The number of fused-ring (bicyclic) bond motifs is 3.